The van der Waals surface area contributed by atoms with Crippen LogP contribution in [-0.2, 0) is 11.3 Å². The summed E-state index contributed by atoms with van der Waals surface area (Å²) in [5.41, 5.74) is 0. The Kier molecular flexibility index (Phi) is 8.41. The lowest BCUT2D eigenvalue weighted by Gasteiger charge is -2.12. The van der Waals surface area contributed by atoms with Gasteiger partial charge in [-0.1, -0.05) is 0 Å². The summed E-state index contributed by atoms with van der Waals surface area (Å²) < 4.78 is 42.2. The molecule has 1 aromatic carbocycles. The van der Waals surface area contributed by atoms with E-state index in [1.165, 1.54) is 6.07 Å². The van der Waals surface area contributed by atoms with E-state index in [9.17, 15) is 8.78 Å². The summed E-state index contributed by atoms with van der Waals surface area (Å²) in [5, 5.41) is 6.18. The summed E-state index contributed by atoms with van der Waals surface area (Å²) in [4.78, 5) is 4.08. The predicted molar refractivity (Wildman–Crippen MR) is 94.2 cm³/mol. The molecule has 0 bridgehead atoms. The molecule has 0 aliphatic rings. The Balaban J connectivity index is 1.53. The van der Waals surface area contributed by atoms with Gasteiger partial charge in [0.2, 0.25) is 0 Å². The first kappa shape index (κ1) is 19.7. The Bertz CT molecular complexity index is 678. The third-order valence-electron chi connectivity index (χ3n) is 3.35. The molecule has 2 aromatic rings. The van der Waals surface area contributed by atoms with Gasteiger partial charge in [0, 0.05) is 26.3 Å². The number of aliphatic imine (C=N–C) groups is 1. The van der Waals surface area contributed by atoms with Crippen molar-refractivity contribution in [1.82, 2.24) is 10.6 Å². The molecular weight excluding hydrogens is 344 g/mol. The molecule has 6 nitrogen and oxygen atoms in total. The molecule has 0 unspecified atom stereocenters. The number of benzene rings is 1. The molecule has 0 aliphatic carbocycles. The second kappa shape index (κ2) is 11.1. The summed E-state index contributed by atoms with van der Waals surface area (Å²) in [7, 11) is 1.66. The zero-order valence-electron chi connectivity index (χ0n) is 14.6. The van der Waals surface area contributed by atoms with Crippen molar-refractivity contribution in [3.05, 3.63) is 54.0 Å². The highest BCUT2D eigenvalue weighted by Gasteiger charge is 2.04. The maximum Gasteiger partial charge on any atom is 0.191 e. The lowest BCUT2D eigenvalue weighted by Crippen LogP contribution is -2.39. The highest BCUT2D eigenvalue weighted by molar-refractivity contribution is 5.79. The number of nitrogens with one attached hydrogen (secondary N) is 2. The maximum atomic E-state index is 13.4. The normalized spacial score (nSPS) is 11.4. The van der Waals surface area contributed by atoms with E-state index in [2.05, 4.69) is 15.6 Å². The average molecular weight is 367 g/mol. The molecule has 8 heteroatoms. The van der Waals surface area contributed by atoms with Gasteiger partial charge in [-0.15, -0.1) is 0 Å². The number of ether oxygens (including phenoxy) is 2. The summed E-state index contributed by atoms with van der Waals surface area (Å²) in [5.74, 6) is 0.0739. The molecule has 26 heavy (non-hydrogen) atoms. The first-order valence-electron chi connectivity index (χ1n) is 8.31. The quantitative estimate of drug-likeness (QED) is 0.384. The standard InChI is InChI=1S/C18H23F2N3O3/c1-21-18(22-7-3-9-24-13-15-4-2-10-25-15)23-8-11-26-17-6-5-14(19)12-16(17)20/h2,4-6,10,12H,3,7-9,11,13H2,1H3,(H2,21,22,23). The van der Waals surface area contributed by atoms with E-state index in [0.717, 1.165) is 24.3 Å². The van der Waals surface area contributed by atoms with Crippen molar-refractivity contribution in [2.45, 2.75) is 13.0 Å². The maximum absolute atomic E-state index is 13.4. The monoisotopic (exact) mass is 367 g/mol. The topological polar surface area (TPSA) is 68.0 Å². The minimum absolute atomic E-state index is 0.0184. The van der Waals surface area contributed by atoms with Gasteiger partial charge in [0.15, 0.2) is 17.5 Å². The summed E-state index contributed by atoms with van der Waals surface area (Å²) in [6.07, 6.45) is 2.42. The van der Waals surface area contributed by atoms with Crippen LogP contribution in [0.3, 0.4) is 0 Å². The van der Waals surface area contributed by atoms with Crippen LogP contribution in [0, 0.1) is 11.6 Å². The van der Waals surface area contributed by atoms with Crippen LogP contribution in [0.1, 0.15) is 12.2 Å². The summed E-state index contributed by atoms with van der Waals surface area (Å²) in [6, 6.07) is 6.89. The SMILES string of the molecule is CN=C(NCCCOCc1ccco1)NCCOc1ccc(F)cc1F. The smallest absolute Gasteiger partial charge is 0.191 e. The predicted octanol–water partition coefficient (Wildman–Crippen LogP) is 2.71. The van der Waals surface area contributed by atoms with E-state index < -0.39 is 11.6 Å². The minimum Gasteiger partial charge on any atom is -0.489 e. The molecule has 2 rings (SSSR count). The molecule has 0 spiro atoms. The largest absolute Gasteiger partial charge is 0.489 e. The van der Waals surface area contributed by atoms with E-state index in [4.69, 9.17) is 13.9 Å². The zero-order valence-corrected chi connectivity index (χ0v) is 14.6. The first-order valence-corrected chi connectivity index (χ1v) is 8.31. The van der Waals surface area contributed by atoms with E-state index in [-0.39, 0.29) is 12.4 Å². The highest BCUT2D eigenvalue weighted by Crippen LogP contribution is 2.17. The van der Waals surface area contributed by atoms with Crippen molar-refractivity contribution in [2.75, 3.05) is 33.4 Å². The first-order chi connectivity index (χ1) is 12.7. The van der Waals surface area contributed by atoms with E-state index >= 15 is 0 Å². The van der Waals surface area contributed by atoms with Crippen LogP contribution in [-0.4, -0.2) is 39.3 Å². The molecule has 142 valence electrons. The second-order valence-corrected chi connectivity index (χ2v) is 5.33. The van der Waals surface area contributed by atoms with Crippen LogP contribution in [0.4, 0.5) is 8.78 Å². The summed E-state index contributed by atoms with van der Waals surface area (Å²) >= 11 is 0. The van der Waals surface area contributed by atoms with Gasteiger partial charge in [-0.25, -0.2) is 8.78 Å². The van der Waals surface area contributed by atoms with E-state index in [1.807, 2.05) is 12.1 Å². The second-order valence-electron chi connectivity index (χ2n) is 5.33. The number of furan rings is 1. The number of guanidine groups is 1. The number of hydrogen-bond donors (Lipinski definition) is 2. The van der Waals surface area contributed by atoms with Gasteiger partial charge in [0.25, 0.3) is 0 Å². The molecule has 0 fully saturated rings. The molecule has 0 atom stereocenters. The molecule has 0 amide bonds. The highest BCUT2D eigenvalue weighted by atomic mass is 19.1. The molecule has 2 N–H and O–H groups in total. The Morgan fingerprint density at radius 3 is 2.73 bits per heavy atom. The molecule has 1 heterocycles. The number of rotatable bonds is 10. The zero-order chi connectivity index (χ0) is 18.6. The third-order valence-corrected chi connectivity index (χ3v) is 3.35. The van der Waals surface area contributed by atoms with Crippen molar-refractivity contribution in [2.24, 2.45) is 4.99 Å². The molecular formula is C18H23F2N3O3. The Hall–Kier alpha value is -2.61. The number of halogens is 2. The molecule has 0 aliphatic heterocycles. The van der Waals surface area contributed by atoms with Gasteiger partial charge < -0.3 is 24.5 Å². The molecule has 0 saturated carbocycles. The van der Waals surface area contributed by atoms with E-state index in [0.29, 0.717) is 32.3 Å². The lowest BCUT2D eigenvalue weighted by molar-refractivity contribution is 0.105. The summed E-state index contributed by atoms with van der Waals surface area (Å²) in [6.45, 7) is 2.38. The van der Waals surface area contributed by atoms with Gasteiger partial charge >= 0.3 is 0 Å². The van der Waals surface area contributed by atoms with Crippen LogP contribution in [0.25, 0.3) is 0 Å². The van der Waals surface area contributed by atoms with Crippen LogP contribution >= 0.6 is 0 Å². The van der Waals surface area contributed by atoms with Crippen molar-refractivity contribution in [1.29, 1.82) is 0 Å². The fraction of sp³-hybridized carbons (Fsp3) is 0.389. The Labute approximate surface area is 151 Å². The van der Waals surface area contributed by atoms with Gasteiger partial charge in [-0.3, -0.25) is 4.99 Å². The van der Waals surface area contributed by atoms with Crippen molar-refractivity contribution in [3.63, 3.8) is 0 Å². The van der Waals surface area contributed by atoms with Crippen molar-refractivity contribution < 1.29 is 22.7 Å². The van der Waals surface area contributed by atoms with Crippen molar-refractivity contribution in [3.8, 4) is 5.75 Å². The van der Waals surface area contributed by atoms with Crippen LogP contribution in [0.2, 0.25) is 0 Å². The van der Waals surface area contributed by atoms with Crippen LogP contribution in [0.15, 0.2) is 46.0 Å². The minimum atomic E-state index is -0.720. The van der Waals surface area contributed by atoms with Gasteiger partial charge in [-0.2, -0.15) is 0 Å². The average Bonchev–Trinajstić information content (AvgIpc) is 3.14. The van der Waals surface area contributed by atoms with Gasteiger partial charge in [0.1, 0.15) is 24.8 Å². The fourth-order valence-corrected chi connectivity index (χ4v) is 2.09. The molecule has 0 radical (unpaired) electrons. The van der Waals surface area contributed by atoms with Gasteiger partial charge in [0.05, 0.1) is 12.8 Å². The Morgan fingerprint density at radius 2 is 2.00 bits per heavy atom. The fourth-order valence-electron chi connectivity index (χ4n) is 2.09. The molecule has 0 saturated heterocycles. The van der Waals surface area contributed by atoms with E-state index in [1.54, 1.807) is 13.3 Å². The Morgan fingerprint density at radius 1 is 1.15 bits per heavy atom. The lowest BCUT2D eigenvalue weighted by atomic mass is 10.3. The van der Waals surface area contributed by atoms with Crippen LogP contribution in [0.5, 0.6) is 5.75 Å². The number of nitrogens with zero attached hydrogens (tertiary/aromatic N) is 1. The van der Waals surface area contributed by atoms with Crippen LogP contribution < -0.4 is 15.4 Å². The number of hydrogen-bond acceptors (Lipinski definition) is 4. The van der Waals surface area contributed by atoms with Gasteiger partial charge in [-0.05, 0) is 30.7 Å². The molecule has 1 aromatic heterocycles. The third kappa shape index (κ3) is 7.10. The van der Waals surface area contributed by atoms with Crippen molar-refractivity contribution >= 4 is 5.96 Å².